The fourth-order valence-electron chi connectivity index (χ4n) is 1.41. The summed E-state index contributed by atoms with van der Waals surface area (Å²) in [5.74, 6) is 1.26. The van der Waals surface area contributed by atoms with Crippen LogP contribution in [0.3, 0.4) is 0 Å². The molecule has 0 aliphatic carbocycles. The van der Waals surface area contributed by atoms with Crippen LogP contribution in [0.2, 0.25) is 0 Å². The molecular weight excluding hydrogens is 187 g/mol. The maximum atomic E-state index is 12.2. The lowest BCUT2D eigenvalue weighted by molar-refractivity contribution is -0.182. The normalized spacial score (nSPS) is 28.9. The van der Waals surface area contributed by atoms with Crippen molar-refractivity contribution in [2.75, 3.05) is 13.1 Å². The Kier molecular flexibility index (Phi) is 2.77. The van der Waals surface area contributed by atoms with E-state index in [0.717, 1.165) is 0 Å². The zero-order valence-electron chi connectivity index (χ0n) is 6.69. The molecule has 1 rings (SSSR count). The number of nitrogens with one attached hydrogen (secondary N) is 2. The molecule has 0 spiro atoms. The van der Waals surface area contributed by atoms with Crippen LogP contribution < -0.4 is 16.6 Å². The molecule has 1 aliphatic heterocycles. The average Bonchev–Trinajstić information content (AvgIpc) is 2.49. The molecule has 1 heterocycles. The van der Waals surface area contributed by atoms with Crippen LogP contribution in [0.25, 0.3) is 0 Å². The maximum absolute atomic E-state index is 12.2. The van der Waals surface area contributed by atoms with Crippen LogP contribution in [-0.4, -0.2) is 25.2 Å². The summed E-state index contributed by atoms with van der Waals surface area (Å²) in [6.45, 7) is -0.200. The van der Waals surface area contributed by atoms with Gasteiger partial charge in [0.2, 0.25) is 5.91 Å². The SMILES string of the molecule is NNC(=O)[C@@H]1CNC[C@H]1C(F)(F)F. The maximum Gasteiger partial charge on any atom is 0.393 e. The lowest BCUT2D eigenvalue weighted by atomic mass is 9.95. The van der Waals surface area contributed by atoms with Gasteiger partial charge in [0.25, 0.3) is 0 Å². The number of amides is 1. The van der Waals surface area contributed by atoms with E-state index in [1.807, 2.05) is 0 Å². The minimum Gasteiger partial charge on any atom is -0.315 e. The third-order valence-corrected chi connectivity index (χ3v) is 2.11. The van der Waals surface area contributed by atoms with Crippen molar-refractivity contribution in [3.05, 3.63) is 0 Å². The first-order valence-electron chi connectivity index (χ1n) is 3.74. The summed E-state index contributed by atoms with van der Waals surface area (Å²) >= 11 is 0. The van der Waals surface area contributed by atoms with E-state index < -0.39 is 23.9 Å². The average molecular weight is 197 g/mol. The van der Waals surface area contributed by atoms with Gasteiger partial charge in [0.05, 0.1) is 11.8 Å². The number of hydrazine groups is 1. The van der Waals surface area contributed by atoms with E-state index in [2.05, 4.69) is 5.32 Å². The van der Waals surface area contributed by atoms with Gasteiger partial charge in [0, 0.05) is 13.1 Å². The topological polar surface area (TPSA) is 67.1 Å². The van der Waals surface area contributed by atoms with E-state index >= 15 is 0 Å². The Hall–Kier alpha value is -0.820. The molecule has 0 unspecified atom stereocenters. The Morgan fingerprint density at radius 3 is 2.54 bits per heavy atom. The van der Waals surface area contributed by atoms with Gasteiger partial charge in [-0.2, -0.15) is 13.2 Å². The molecule has 0 radical (unpaired) electrons. The molecule has 13 heavy (non-hydrogen) atoms. The molecule has 1 amide bonds. The van der Waals surface area contributed by atoms with Gasteiger partial charge in [-0.1, -0.05) is 0 Å². The van der Waals surface area contributed by atoms with Crippen LogP contribution in [-0.2, 0) is 4.79 Å². The van der Waals surface area contributed by atoms with Gasteiger partial charge in [-0.05, 0) is 0 Å². The van der Waals surface area contributed by atoms with Crippen LogP contribution in [0.5, 0.6) is 0 Å². The zero-order chi connectivity index (χ0) is 10.1. The Morgan fingerprint density at radius 1 is 1.46 bits per heavy atom. The first kappa shape index (κ1) is 10.3. The lowest BCUT2D eigenvalue weighted by Crippen LogP contribution is -2.42. The summed E-state index contributed by atoms with van der Waals surface area (Å²) in [7, 11) is 0. The fraction of sp³-hybridized carbons (Fsp3) is 0.833. The minimum absolute atomic E-state index is 0.0210. The van der Waals surface area contributed by atoms with Crippen molar-refractivity contribution in [3.63, 3.8) is 0 Å². The Labute approximate surface area is 72.6 Å². The molecule has 76 valence electrons. The minimum atomic E-state index is -4.35. The fourth-order valence-corrected chi connectivity index (χ4v) is 1.41. The molecular formula is C6H10F3N3O. The van der Waals surface area contributed by atoms with Crippen LogP contribution in [0.4, 0.5) is 13.2 Å². The highest BCUT2D eigenvalue weighted by Crippen LogP contribution is 2.34. The number of alkyl halides is 3. The second kappa shape index (κ2) is 3.51. The molecule has 4 N–H and O–H groups in total. The monoisotopic (exact) mass is 197 g/mol. The Morgan fingerprint density at radius 2 is 2.08 bits per heavy atom. The highest BCUT2D eigenvalue weighted by atomic mass is 19.4. The van der Waals surface area contributed by atoms with E-state index in [1.54, 1.807) is 5.43 Å². The van der Waals surface area contributed by atoms with Crippen molar-refractivity contribution in [2.24, 2.45) is 17.7 Å². The van der Waals surface area contributed by atoms with Crippen LogP contribution in [0.1, 0.15) is 0 Å². The highest BCUT2D eigenvalue weighted by Gasteiger charge is 2.49. The molecule has 2 atom stereocenters. The summed E-state index contributed by atoms with van der Waals surface area (Å²) in [4.78, 5) is 10.9. The third kappa shape index (κ3) is 2.10. The van der Waals surface area contributed by atoms with Crippen molar-refractivity contribution >= 4 is 5.91 Å². The molecule has 0 saturated carbocycles. The highest BCUT2D eigenvalue weighted by molar-refractivity contribution is 5.79. The predicted octanol–water partition coefficient (Wildman–Crippen LogP) is -0.626. The molecule has 0 aromatic heterocycles. The number of nitrogens with two attached hydrogens (primary N) is 1. The van der Waals surface area contributed by atoms with Crippen molar-refractivity contribution in [1.82, 2.24) is 10.7 Å². The summed E-state index contributed by atoms with van der Waals surface area (Å²) in [6, 6.07) is 0. The quantitative estimate of drug-likeness (QED) is 0.298. The van der Waals surface area contributed by atoms with E-state index in [-0.39, 0.29) is 13.1 Å². The second-order valence-electron chi connectivity index (χ2n) is 2.92. The van der Waals surface area contributed by atoms with Crippen molar-refractivity contribution < 1.29 is 18.0 Å². The first-order valence-corrected chi connectivity index (χ1v) is 3.74. The van der Waals surface area contributed by atoms with Gasteiger partial charge in [0.1, 0.15) is 0 Å². The smallest absolute Gasteiger partial charge is 0.315 e. The number of hydrogen-bond donors (Lipinski definition) is 3. The zero-order valence-corrected chi connectivity index (χ0v) is 6.69. The molecule has 0 aromatic carbocycles. The van der Waals surface area contributed by atoms with Crippen molar-refractivity contribution in [2.45, 2.75) is 6.18 Å². The van der Waals surface area contributed by atoms with Gasteiger partial charge in [-0.3, -0.25) is 10.2 Å². The summed E-state index contributed by atoms with van der Waals surface area (Å²) < 4.78 is 36.7. The number of carbonyl (C=O) groups is 1. The van der Waals surface area contributed by atoms with E-state index in [1.165, 1.54) is 0 Å². The molecule has 7 heteroatoms. The molecule has 0 bridgehead atoms. The largest absolute Gasteiger partial charge is 0.393 e. The standard InChI is InChI=1S/C6H10F3N3O/c7-6(8,9)4-2-11-1-3(4)5(13)12-10/h3-4,11H,1-2,10H2,(H,12,13)/t3-,4-/m1/s1. The number of halogens is 3. The molecule has 1 fully saturated rings. The van der Waals surface area contributed by atoms with Crippen molar-refractivity contribution in [1.29, 1.82) is 0 Å². The van der Waals surface area contributed by atoms with E-state index in [0.29, 0.717) is 0 Å². The number of rotatable bonds is 1. The molecule has 0 aromatic rings. The number of carbonyl (C=O) groups excluding carboxylic acids is 1. The van der Waals surface area contributed by atoms with Gasteiger partial charge in [-0.25, -0.2) is 5.84 Å². The van der Waals surface area contributed by atoms with Gasteiger partial charge in [-0.15, -0.1) is 0 Å². The third-order valence-electron chi connectivity index (χ3n) is 2.11. The predicted molar refractivity (Wildman–Crippen MR) is 38.2 cm³/mol. The summed E-state index contributed by atoms with van der Waals surface area (Å²) in [6.07, 6.45) is -4.35. The Balaban J connectivity index is 2.70. The van der Waals surface area contributed by atoms with Gasteiger partial charge >= 0.3 is 6.18 Å². The lowest BCUT2D eigenvalue weighted by Gasteiger charge is -2.19. The summed E-state index contributed by atoms with van der Waals surface area (Å²) in [5.41, 5.74) is 1.73. The van der Waals surface area contributed by atoms with Gasteiger partial charge < -0.3 is 5.32 Å². The molecule has 4 nitrogen and oxygen atoms in total. The molecule has 1 saturated heterocycles. The number of hydrogen-bond acceptors (Lipinski definition) is 3. The van der Waals surface area contributed by atoms with Crippen LogP contribution >= 0.6 is 0 Å². The van der Waals surface area contributed by atoms with Crippen LogP contribution in [0, 0.1) is 11.8 Å². The van der Waals surface area contributed by atoms with Crippen LogP contribution in [0.15, 0.2) is 0 Å². The second-order valence-corrected chi connectivity index (χ2v) is 2.92. The first-order chi connectivity index (χ1) is 5.96. The van der Waals surface area contributed by atoms with Crippen molar-refractivity contribution in [3.8, 4) is 0 Å². The van der Waals surface area contributed by atoms with E-state index in [9.17, 15) is 18.0 Å². The summed E-state index contributed by atoms with van der Waals surface area (Å²) in [5, 5.41) is 2.51. The molecule has 1 aliphatic rings. The Bertz CT molecular complexity index is 206. The van der Waals surface area contributed by atoms with Gasteiger partial charge in [0.15, 0.2) is 0 Å². The van der Waals surface area contributed by atoms with E-state index in [4.69, 9.17) is 5.84 Å².